The monoisotopic (exact) mass is 228 g/mol. The van der Waals surface area contributed by atoms with Gasteiger partial charge in [-0.15, -0.1) is 0 Å². The van der Waals surface area contributed by atoms with Crippen LogP contribution in [0.4, 0.5) is 0 Å². The van der Waals surface area contributed by atoms with Gasteiger partial charge in [-0.2, -0.15) is 8.42 Å². The molecule has 1 aromatic carbocycles. The molecule has 0 spiro atoms. The number of rotatable bonds is 1. The van der Waals surface area contributed by atoms with E-state index in [1.807, 2.05) is 0 Å². The summed E-state index contributed by atoms with van der Waals surface area (Å²) in [4.78, 5) is -0.465. The molecule has 0 amide bonds. The van der Waals surface area contributed by atoms with E-state index in [1.54, 1.807) is 6.92 Å². The van der Waals surface area contributed by atoms with Gasteiger partial charge in [0.05, 0.1) is 0 Å². The summed E-state index contributed by atoms with van der Waals surface area (Å²) in [6.07, 6.45) is 0. The van der Waals surface area contributed by atoms with Gasteiger partial charge in [-0.3, -0.25) is 4.55 Å². The molecule has 0 atom stereocenters. The summed E-state index contributed by atoms with van der Waals surface area (Å²) in [7, 11) is -4.30. The summed E-state index contributed by atoms with van der Waals surface area (Å²) >= 11 is 0. The molecule has 0 aliphatic rings. The van der Waals surface area contributed by atoms with Crippen molar-refractivity contribution in [2.24, 2.45) is 0 Å². The largest absolute Gasteiger partial charge is 1.00 e. The molecule has 13 heavy (non-hydrogen) atoms. The van der Waals surface area contributed by atoms with Gasteiger partial charge in [0.2, 0.25) is 0 Å². The molecule has 0 saturated carbocycles. The SMILES string of the molecule is Cc1ccc(S(=O)(=O)O)c(O)c1.[H-].[K+]. The Morgan fingerprint density at radius 1 is 1.38 bits per heavy atom. The van der Waals surface area contributed by atoms with E-state index in [-0.39, 0.29) is 52.8 Å². The average Bonchev–Trinajstić information content (AvgIpc) is 1.83. The topological polar surface area (TPSA) is 74.6 Å². The van der Waals surface area contributed by atoms with E-state index in [1.165, 1.54) is 12.1 Å². The van der Waals surface area contributed by atoms with E-state index in [2.05, 4.69) is 0 Å². The number of hydrogen-bond acceptors (Lipinski definition) is 3. The van der Waals surface area contributed by atoms with Crippen LogP contribution >= 0.6 is 0 Å². The van der Waals surface area contributed by atoms with E-state index >= 15 is 0 Å². The first-order chi connectivity index (χ1) is 5.41. The first kappa shape index (κ1) is 13.6. The molecule has 0 heterocycles. The third-order valence-corrected chi connectivity index (χ3v) is 2.29. The zero-order valence-corrected chi connectivity index (χ0v) is 11.3. The Bertz CT molecular complexity index is 404. The summed E-state index contributed by atoms with van der Waals surface area (Å²) in [5.41, 5.74) is 0.722. The molecule has 68 valence electrons. The summed E-state index contributed by atoms with van der Waals surface area (Å²) in [5, 5.41) is 9.09. The van der Waals surface area contributed by atoms with Crippen molar-refractivity contribution < 1.29 is 70.9 Å². The Morgan fingerprint density at radius 3 is 2.31 bits per heavy atom. The fourth-order valence-corrected chi connectivity index (χ4v) is 1.41. The molecule has 0 aliphatic carbocycles. The second kappa shape index (κ2) is 4.88. The van der Waals surface area contributed by atoms with E-state index in [4.69, 9.17) is 9.66 Å². The van der Waals surface area contributed by atoms with Crippen molar-refractivity contribution in [2.75, 3.05) is 0 Å². The second-order valence-electron chi connectivity index (χ2n) is 2.45. The number of hydrogen-bond donors (Lipinski definition) is 2. The molecule has 0 unspecified atom stereocenters. The minimum atomic E-state index is -4.30. The minimum absolute atomic E-state index is 0. The van der Waals surface area contributed by atoms with Crippen molar-refractivity contribution in [3.8, 4) is 5.75 Å². The predicted octanol–water partition coefficient (Wildman–Crippen LogP) is -1.94. The maximum atomic E-state index is 10.6. The van der Waals surface area contributed by atoms with Crippen molar-refractivity contribution in [1.29, 1.82) is 0 Å². The van der Waals surface area contributed by atoms with Gasteiger partial charge in [0.25, 0.3) is 10.1 Å². The molecule has 0 aromatic heterocycles. The second-order valence-corrected chi connectivity index (χ2v) is 3.84. The molecular weight excluding hydrogens is 219 g/mol. The van der Waals surface area contributed by atoms with Crippen LogP contribution in [-0.2, 0) is 10.1 Å². The van der Waals surface area contributed by atoms with Gasteiger partial charge >= 0.3 is 51.4 Å². The van der Waals surface area contributed by atoms with Gasteiger partial charge in [-0.1, -0.05) is 6.07 Å². The van der Waals surface area contributed by atoms with Crippen LogP contribution in [0.2, 0.25) is 0 Å². The van der Waals surface area contributed by atoms with E-state index in [0.29, 0.717) is 0 Å². The number of benzene rings is 1. The minimum Gasteiger partial charge on any atom is -1.00 e. The van der Waals surface area contributed by atoms with Crippen molar-refractivity contribution in [3.63, 3.8) is 0 Å². The van der Waals surface area contributed by atoms with Gasteiger partial charge in [-0.25, -0.2) is 0 Å². The molecule has 0 fully saturated rings. The van der Waals surface area contributed by atoms with E-state index in [0.717, 1.165) is 11.6 Å². The standard InChI is InChI=1S/C7H8O4S.K.H/c1-5-2-3-7(6(8)4-5)12(9,10)11;;/h2-4,8H,1H3,(H,9,10,11);;/q;+1;-1. The van der Waals surface area contributed by atoms with Crippen molar-refractivity contribution in [2.45, 2.75) is 11.8 Å². The van der Waals surface area contributed by atoms with Crippen LogP contribution < -0.4 is 51.4 Å². The molecule has 6 heteroatoms. The summed E-state index contributed by atoms with van der Waals surface area (Å²) in [6.45, 7) is 1.70. The molecular formula is C7H9KO4S. The van der Waals surface area contributed by atoms with Crippen LogP contribution in [0.1, 0.15) is 6.99 Å². The van der Waals surface area contributed by atoms with E-state index < -0.39 is 20.8 Å². The molecule has 0 bridgehead atoms. The van der Waals surface area contributed by atoms with Gasteiger partial charge in [0, 0.05) is 0 Å². The van der Waals surface area contributed by atoms with Crippen LogP contribution in [-0.4, -0.2) is 18.1 Å². The maximum absolute atomic E-state index is 10.6. The zero-order chi connectivity index (χ0) is 9.35. The molecule has 0 saturated heterocycles. The van der Waals surface area contributed by atoms with Gasteiger partial charge in [0.15, 0.2) is 0 Å². The van der Waals surface area contributed by atoms with Crippen molar-refractivity contribution >= 4 is 10.1 Å². The first-order valence-corrected chi connectivity index (χ1v) is 4.62. The van der Waals surface area contributed by atoms with Crippen LogP contribution in [0.5, 0.6) is 5.75 Å². The van der Waals surface area contributed by atoms with E-state index in [9.17, 15) is 8.42 Å². The van der Waals surface area contributed by atoms with Gasteiger partial charge in [-0.05, 0) is 24.6 Å². The summed E-state index contributed by atoms with van der Waals surface area (Å²) in [6, 6.07) is 3.91. The smallest absolute Gasteiger partial charge is 1.00 e. The Kier molecular flexibility index (Phi) is 5.09. The summed E-state index contributed by atoms with van der Waals surface area (Å²) in [5.74, 6) is -0.433. The molecule has 0 radical (unpaired) electrons. The van der Waals surface area contributed by atoms with Crippen molar-refractivity contribution in [3.05, 3.63) is 23.8 Å². The zero-order valence-electron chi connectivity index (χ0n) is 8.35. The third kappa shape index (κ3) is 3.66. The Morgan fingerprint density at radius 2 is 1.92 bits per heavy atom. The Labute approximate surface area is 121 Å². The van der Waals surface area contributed by atoms with Crippen LogP contribution in [0.3, 0.4) is 0 Å². The van der Waals surface area contributed by atoms with Crippen LogP contribution in [0.15, 0.2) is 23.1 Å². The number of phenols is 1. The fraction of sp³-hybridized carbons (Fsp3) is 0.143. The molecule has 0 aliphatic heterocycles. The number of aromatic hydroxyl groups is 1. The third-order valence-electron chi connectivity index (χ3n) is 1.39. The Hall–Kier alpha value is 0.566. The average molecular weight is 228 g/mol. The quantitative estimate of drug-likeness (QED) is 0.433. The van der Waals surface area contributed by atoms with Crippen LogP contribution in [0.25, 0.3) is 0 Å². The normalized spacial score (nSPS) is 10.6. The maximum Gasteiger partial charge on any atom is 1.00 e. The van der Waals surface area contributed by atoms with Crippen molar-refractivity contribution in [1.82, 2.24) is 0 Å². The molecule has 4 nitrogen and oxygen atoms in total. The van der Waals surface area contributed by atoms with Crippen LogP contribution in [0, 0.1) is 6.92 Å². The fourth-order valence-electron chi connectivity index (χ4n) is 0.846. The molecule has 1 rings (SSSR count). The number of aryl methyl sites for hydroxylation is 1. The molecule has 1 aromatic rings. The Balaban J connectivity index is 0. The first-order valence-electron chi connectivity index (χ1n) is 3.18. The summed E-state index contributed by atoms with van der Waals surface area (Å²) < 4.78 is 29.7. The molecule has 2 N–H and O–H groups in total. The van der Waals surface area contributed by atoms with Gasteiger partial charge < -0.3 is 6.53 Å². The number of phenolic OH excluding ortho intramolecular Hbond substituents is 1. The predicted molar refractivity (Wildman–Crippen MR) is 43.8 cm³/mol. The van der Waals surface area contributed by atoms with Gasteiger partial charge in [0.1, 0.15) is 10.6 Å².